The number of hydrogen-bond acceptors (Lipinski definition) is 8. The van der Waals surface area contributed by atoms with Crippen molar-refractivity contribution in [3.8, 4) is 28.5 Å². The maximum absolute atomic E-state index is 12.4. The molecule has 0 N–H and O–H groups in total. The molecule has 4 aromatic rings. The number of para-hydroxylation sites is 1. The molecular weight excluding hydrogens is 360 g/mol. The molecule has 2 aromatic carbocycles. The third-order valence-electron chi connectivity index (χ3n) is 4.07. The molecule has 0 spiro atoms. The molecule has 2 aromatic heterocycles. The third-order valence-corrected chi connectivity index (χ3v) is 4.07. The van der Waals surface area contributed by atoms with Crippen molar-refractivity contribution in [3.63, 3.8) is 0 Å². The number of hydrogen-bond donors (Lipinski definition) is 0. The van der Waals surface area contributed by atoms with E-state index in [9.17, 15) is 4.79 Å². The Kier molecular flexibility index (Phi) is 4.58. The molecule has 140 valence electrons. The van der Waals surface area contributed by atoms with Crippen LogP contribution >= 0.6 is 0 Å². The van der Waals surface area contributed by atoms with Crippen molar-refractivity contribution in [1.82, 2.24) is 40.4 Å². The summed E-state index contributed by atoms with van der Waals surface area (Å²) in [6.45, 7) is 0. The molecule has 0 aliphatic carbocycles. The minimum atomic E-state index is -0.374. The Balaban J connectivity index is 1.69. The summed E-state index contributed by atoms with van der Waals surface area (Å²) < 4.78 is 8.51. The van der Waals surface area contributed by atoms with Gasteiger partial charge in [-0.2, -0.15) is 0 Å². The van der Waals surface area contributed by atoms with Crippen LogP contribution in [0.1, 0.15) is 5.56 Å². The average molecular weight is 376 g/mol. The van der Waals surface area contributed by atoms with Gasteiger partial charge in [0.15, 0.2) is 11.6 Å². The average Bonchev–Trinajstić information content (AvgIpc) is 3.30. The summed E-state index contributed by atoms with van der Waals surface area (Å²) in [7, 11) is 3.49. The fraction of sp³-hybridized carbons (Fsp3) is 0.167. The molecule has 10 heteroatoms. The van der Waals surface area contributed by atoms with Crippen LogP contribution in [-0.2, 0) is 25.3 Å². The molecule has 10 nitrogen and oxygen atoms in total. The van der Waals surface area contributed by atoms with Crippen molar-refractivity contribution in [3.05, 3.63) is 54.1 Å². The van der Waals surface area contributed by atoms with Crippen LogP contribution in [0, 0.1) is 0 Å². The van der Waals surface area contributed by atoms with E-state index in [1.165, 1.54) is 0 Å². The quantitative estimate of drug-likeness (QED) is 0.377. The predicted octanol–water partition coefficient (Wildman–Crippen LogP) is 1.22. The lowest BCUT2D eigenvalue weighted by Crippen LogP contribution is -2.11. The van der Waals surface area contributed by atoms with Crippen LogP contribution in [0.15, 0.2) is 48.5 Å². The summed E-state index contributed by atoms with van der Waals surface area (Å²) in [6, 6.07) is 14.5. The first-order chi connectivity index (χ1) is 13.6. The van der Waals surface area contributed by atoms with E-state index in [-0.39, 0.29) is 12.4 Å². The fourth-order valence-corrected chi connectivity index (χ4v) is 2.82. The van der Waals surface area contributed by atoms with Gasteiger partial charge >= 0.3 is 5.97 Å². The zero-order chi connectivity index (χ0) is 19.5. The molecule has 2 heterocycles. The van der Waals surface area contributed by atoms with E-state index >= 15 is 0 Å². The normalized spacial score (nSPS) is 10.8. The van der Waals surface area contributed by atoms with Gasteiger partial charge in [-0.25, -0.2) is 9.36 Å². The lowest BCUT2D eigenvalue weighted by atomic mass is 10.0. The van der Waals surface area contributed by atoms with Gasteiger partial charge in [-0.3, -0.25) is 4.79 Å². The minimum absolute atomic E-state index is 0.0757. The number of carbonyl (C=O) groups is 1. The molecule has 0 radical (unpaired) electrons. The molecule has 0 saturated carbocycles. The molecular formula is C18H16N8O2. The summed E-state index contributed by atoms with van der Waals surface area (Å²) in [5.74, 6) is 1.25. The number of aromatic nitrogens is 8. The molecule has 4 rings (SSSR count). The summed E-state index contributed by atoms with van der Waals surface area (Å²) in [5.41, 5.74) is 2.23. The van der Waals surface area contributed by atoms with Gasteiger partial charge in [-0.15, -0.1) is 10.2 Å². The highest BCUT2D eigenvalue weighted by atomic mass is 16.5. The van der Waals surface area contributed by atoms with E-state index in [1.807, 2.05) is 36.4 Å². The molecule has 0 atom stereocenters. The van der Waals surface area contributed by atoms with Crippen molar-refractivity contribution in [2.24, 2.45) is 14.1 Å². The number of tetrazole rings is 2. The predicted molar refractivity (Wildman–Crippen MR) is 97.8 cm³/mol. The van der Waals surface area contributed by atoms with E-state index < -0.39 is 0 Å². The van der Waals surface area contributed by atoms with Crippen LogP contribution in [0.25, 0.3) is 22.8 Å². The summed E-state index contributed by atoms with van der Waals surface area (Å²) >= 11 is 0. The smallest absolute Gasteiger partial charge is 0.315 e. The van der Waals surface area contributed by atoms with Gasteiger partial charge in [0.2, 0.25) is 0 Å². The monoisotopic (exact) mass is 376 g/mol. The highest BCUT2D eigenvalue weighted by Crippen LogP contribution is 2.26. The number of benzene rings is 2. The Labute approximate surface area is 159 Å². The van der Waals surface area contributed by atoms with Gasteiger partial charge in [0.25, 0.3) is 0 Å². The van der Waals surface area contributed by atoms with Crippen molar-refractivity contribution in [2.45, 2.75) is 6.42 Å². The second-order valence-corrected chi connectivity index (χ2v) is 6.13. The fourth-order valence-electron chi connectivity index (χ4n) is 2.82. The van der Waals surface area contributed by atoms with Gasteiger partial charge in [0.1, 0.15) is 5.75 Å². The summed E-state index contributed by atoms with van der Waals surface area (Å²) in [4.78, 5) is 12.4. The van der Waals surface area contributed by atoms with E-state index in [4.69, 9.17) is 4.74 Å². The minimum Gasteiger partial charge on any atom is -0.426 e. The molecule has 0 fully saturated rings. The zero-order valence-electron chi connectivity index (χ0n) is 15.2. The highest BCUT2D eigenvalue weighted by molar-refractivity contribution is 5.77. The van der Waals surface area contributed by atoms with E-state index in [0.717, 1.165) is 16.7 Å². The number of esters is 1. The van der Waals surface area contributed by atoms with E-state index in [1.54, 1.807) is 35.6 Å². The van der Waals surface area contributed by atoms with Gasteiger partial charge < -0.3 is 4.74 Å². The van der Waals surface area contributed by atoms with Crippen molar-refractivity contribution in [1.29, 1.82) is 0 Å². The van der Waals surface area contributed by atoms with Gasteiger partial charge in [0, 0.05) is 25.2 Å². The molecule has 0 bridgehead atoms. The Bertz CT molecular complexity index is 1060. The Morgan fingerprint density at radius 1 is 0.893 bits per heavy atom. The van der Waals surface area contributed by atoms with Crippen LogP contribution in [0.5, 0.6) is 5.75 Å². The largest absolute Gasteiger partial charge is 0.426 e. The Morgan fingerprint density at radius 2 is 1.46 bits per heavy atom. The van der Waals surface area contributed by atoms with Crippen LogP contribution < -0.4 is 4.74 Å². The first-order valence-electron chi connectivity index (χ1n) is 8.45. The van der Waals surface area contributed by atoms with Gasteiger partial charge in [-0.05, 0) is 56.7 Å². The second kappa shape index (κ2) is 7.35. The zero-order valence-corrected chi connectivity index (χ0v) is 15.2. The molecule has 0 unspecified atom stereocenters. The lowest BCUT2D eigenvalue weighted by Gasteiger charge is -2.09. The SMILES string of the molecule is Cn1nnnc1-c1cc(CC(=O)Oc2ccccc2)cc(-c2nnnn2C)c1. The van der Waals surface area contributed by atoms with Gasteiger partial charge in [0.05, 0.1) is 6.42 Å². The van der Waals surface area contributed by atoms with E-state index in [2.05, 4.69) is 31.1 Å². The Hall–Kier alpha value is -3.95. The molecule has 0 aliphatic heterocycles. The van der Waals surface area contributed by atoms with Crippen LogP contribution in [-0.4, -0.2) is 46.4 Å². The number of ether oxygens (including phenoxy) is 1. The maximum Gasteiger partial charge on any atom is 0.315 e. The van der Waals surface area contributed by atoms with Crippen LogP contribution in [0.4, 0.5) is 0 Å². The van der Waals surface area contributed by atoms with Crippen molar-refractivity contribution < 1.29 is 9.53 Å². The second-order valence-electron chi connectivity index (χ2n) is 6.13. The topological polar surface area (TPSA) is 114 Å². The first-order valence-corrected chi connectivity index (χ1v) is 8.45. The van der Waals surface area contributed by atoms with Crippen molar-refractivity contribution >= 4 is 5.97 Å². The molecule has 0 saturated heterocycles. The standard InChI is InChI=1S/C18H16N8O2/c1-25-17(19-21-23-25)13-8-12(9-14(11-13)18-20-22-24-26(18)2)10-16(27)28-15-6-4-3-5-7-15/h3-9,11H,10H2,1-2H3. The lowest BCUT2D eigenvalue weighted by molar-refractivity contribution is -0.133. The number of carbonyl (C=O) groups excluding carboxylic acids is 1. The Morgan fingerprint density at radius 3 is 1.96 bits per heavy atom. The van der Waals surface area contributed by atoms with Crippen LogP contribution in [0.3, 0.4) is 0 Å². The summed E-state index contributed by atoms with van der Waals surface area (Å²) in [6.07, 6.45) is 0.0757. The number of aryl methyl sites for hydroxylation is 2. The number of nitrogens with zero attached hydrogens (tertiary/aromatic N) is 8. The molecule has 0 aliphatic rings. The maximum atomic E-state index is 12.4. The van der Waals surface area contributed by atoms with Crippen LogP contribution in [0.2, 0.25) is 0 Å². The molecule has 28 heavy (non-hydrogen) atoms. The number of rotatable bonds is 5. The van der Waals surface area contributed by atoms with E-state index in [0.29, 0.717) is 17.4 Å². The molecule has 0 amide bonds. The third kappa shape index (κ3) is 3.61. The first kappa shape index (κ1) is 17.5. The summed E-state index contributed by atoms with van der Waals surface area (Å²) in [5, 5.41) is 23.2. The van der Waals surface area contributed by atoms with Crippen molar-refractivity contribution in [2.75, 3.05) is 0 Å². The van der Waals surface area contributed by atoms with Gasteiger partial charge in [-0.1, -0.05) is 18.2 Å². The highest BCUT2D eigenvalue weighted by Gasteiger charge is 2.15.